The van der Waals surface area contributed by atoms with E-state index in [0.717, 1.165) is 18.4 Å². The maximum absolute atomic E-state index is 12.3. The number of methoxy groups -OCH3 is 2. The Morgan fingerprint density at radius 3 is 2.48 bits per heavy atom. The van der Waals surface area contributed by atoms with Gasteiger partial charge in [-0.1, -0.05) is 0 Å². The van der Waals surface area contributed by atoms with Gasteiger partial charge in [0, 0.05) is 11.6 Å². The lowest BCUT2D eigenvalue weighted by Gasteiger charge is -2.20. The highest BCUT2D eigenvalue weighted by molar-refractivity contribution is 5.81. The molecule has 1 aromatic carbocycles. The van der Waals surface area contributed by atoms with Crippen LogP contribution < -0.4 is 20.1 Å². The number of amides is 2. The predicted molar refractivity (Wildman–Crippen MR) is 94.8 cm³/mol. The Balaban J connectivity index is 1.87. The fourth-order valence-electron chi connectivity index (χ4n) is 2.59. The minimum Gasteiger partial charge on any atom is -0.497 e. The summed E-state index contributed by atoms with van der Waals surface area (Å²) in [5.74, 6) is 1.19. The summed E-state index contributed by atoms with van der Waals surface area (Å²) >= 11 is 0. The first-order valence-corrected chi connectivity index (χ1v) is 8.42. The first-order valence-electron chi connectivity index (χ1n) is 8.42. The van der Waals surface area contributed by atoms with Crippen LogP contribution in [0.25, 0.3) is 0 Å². The van der Waals surface area contributed by atoms with Gasteiger partial charge >= 0.3 is 0 Å². The molecule has 1 fully saturated rings. The third-order valence-corrected chi connectivity index (χ3v) is 4.05. The van der Waals surface area contributed by atoms with Crippen LogP contribution in [0, 0.1) is 0 Å². The van der Waals surface area contributed by atoms with Crippen LogP contribution in [0.15, 0.2) is 18.2 Å². The molecule has 2 amide bonds. The number of nitrogens with zero attached hydrogens (tertiary/aromatic N) is 1. The van der Waals surface area contributed by atoms with Gasteiger partial charge in [-0.25, -0.2) is 0 Å². The molecule has 1 aliphatic carbocycles. The topological polar surface area (TPSA) is 79.9 Å². The summed E-state index contributed by atoms with van der Waals surface area (Å²) in [6, 6.07) is 5.55. The number of carbonyl (C=O) groups excluding carboxylic acids is 2. The summed E-state index contributed by atoms with van der Waals surface area (Å²) in [6.45, 7) is 2.24. The van der Waals surface area contributed by atoms with Crippen LogP contribution in [0.1, 0.15) is 31.4 Å². The van der Waals surface area contributed by atoms with Gasteiger partial charge < -0.3 is 20.1 Å². The molecule has 0 aliphatic heterocycles. The molecule has 25 heavy (non-hydrogen) atoms. The summed E-state index contributed by atoms with van der Waals surface area (Å²) in [5, 5.41) is 5.84. The maximum atomic E-state index is 12.3. The first kappa shape index (κ1) is 19.1. The normalized spacial score (nSPS) is 14.8. The van der Waals surface area contributed by atoms with Crippen molar-refractivity contribution in [1.29, 1.82) is 0 Å². The second-order valence-electron chi connectivity index (χ2n) is 6.41. The summed E-state index contributed by atoms with van der Waals surface area (Å²) in [5.41, 5.74) is 0.837. The minimum absolute atomic E-state index is 0.0414. The van der Waals surface area contributed by atoms with Crippen LogP contribution in [0.4, 0.5) is 0 Å². The van der Waals surface area contributed by atoms with Crippen molar-refractivity contribution in [2.75, 3.05) is 34.4 Å². The van der Waals surface area contributed by atoms with E-state index in [1.54, 1.807) is 26.2 Å². The maximum Gasteiger partial charge on any atom is 0.234 e. The molecule has 2 rings (SSSR count). The number of rotatable bonds is 9. The van der Waals surface area contributed by atoms with Crippen molar-refractivity contribution in [1.82, 2.24) is 15.5 Å². The summed E-state index contributed by atoms with van der Waals surface area (Å²) < 4.78 is 10.6. The van der Waals surface area contributed by atoms with Gasteiger partial charge in [0.25, 0.3) is 0 Å². The molecule has 1 atom stereocenters. The molecule has 138 valence electrons. The average molecular weight is 349 g/mol. The van der Waals surface area contributed by atoms with Gasteiger partial charge in [-0.15, -0.1) is 0 Å². The molecule has 7 heteroatoms. The fourth-order valence-corrected chi connectivity index (χ4v) is 2.59. The van der Waals surface area contributed by atoms with Crippen LogP contribution in [0.5, 0.6) is 11.5 Å². The molecule has 0 heterocycles. The zero-order chi connectivity index (χ0) is 18.4. The van der Waals surface area contributed by atoms with E-state index >= 15 is 0 Å². The van der Waals surface area contributed by atoms with E-state index in [9.17, 15) is 9.59 Å². The monoisotopic (exact) mass is 349 g/mol. The number of nitrogens with one attached hydrogen (secondary N) is 2. The quantitative estimate of drug-likeness (QED) is 0.698. The van der Waals surface area contributed by atoms with Crippen molar-refractivity contribution in [3.05, 3.63) is 23.8 Å². The van der Waals surface area contributed by atoms with Crippen molar-refractivity contribution in [2.24, 2.45) is 0 Å². The molecule has 0 saturated heterocycles. The number of likely N-dealkylation sites (N-methyl/N-ethyl adjacent to an activating group) is 1. The van der Waals surface area contributed by atoms with Crippen LogP contribution in [-0.4, -0.2) is 57.1 Å². The summed E-state index contributed by atoms with van der Waals surface area (Å²) in [6.07, 6.45) is 2.10. The third-order valence-electron chi connectivity index (χ3n) is 4.05. The van der Waals surface area contributed by atoms with Gasteiger partial charge in [-0.05, 0) is 45.0 Å². The molecular formula is C18H27N3O4. The molecule has 0 aromatic heterocycles. The van der Waals surface area contributed by atoms with Crippen LogP contribution in [0.3, 0.4) is 0 Å². The lowest BCUT2D eigenvalue weighted by Crippen LogP contribution is -2.41. The van der Waals surface area contributed by atoms with E-state index in [2.05, 4.69) is 10.6 Å². The van der Waals surface area contributed by atoms with Crippen molar-refractivity contribution in [3.8, 4) is 11.5 Å². The highest BCUT2D eigenvalue weighted by Gasteiger charge is 2.24. The SMILES string of the molecule is COc1ccc(OC)c([C@@H](C)NC(=O)CN(C)CC(=O)NC2CC2)c1. The zero-order valence-corrected chi connectivity index (χ0v) is 15.3. The molecule has 0 radical (unpaired) electrons. The lowest BCUT2D eigenvalue weighted by molar-refractivity contribution is -0.125. The lowest BCUT2D eigenvalue weighted by atomic mass is 10.1. The second-order valence-corrected chi connectivity index (χ2v) is 6.41. The highest BCUT2D eigenvalue weighted by Crippen LogP contribution is 2.29. The predicted octanol–water partition coefficient (Wildman–Crippen LogP) is 1.09. The minimum atomic E-state index is -0.244. The second kappa shape index (κ2) is 8.71. The smallest absolute Gasteiger partial charge is 0.234 e. The van der Waals surface area contributed by atoms with E-state index < -0.39 is 0 Å². The molecular weight excluding hydrogens is 322 g/mol. The van der Waals surface area contributed by atoms with Crippen molar-refractivity contribution >= 4 is 11.8 Å². The number of ether oxygens (including phenoxy) is 2. The van der Waals surface area contributed by atoms with E-state index in [-0.39, 0.29) is 30.9 Å². The number of hydrogen-bond acceptors (Lipinski definition) is 5. The summed E-state index contributed by atoms with van der Waals surface area (Å²) in [7, 11) is 4.94. The Labute approximate surface area is 148 Å². The fraction of sp³-hybridized carbons (Fsp3) is 0.556. The molecule has 2 N–H and O–H groups in total. The first-order chi connectivity index (χ1) is 11.9. The Bertz CT molecular complexity index is 616. The van der Waals surface area contributed by atoms with Gasteiger partial charge in [0.1, 0.15) is 11.5 Å². The molecule has 0 spiro atoms. The zero-order valence-electron chi connectivity index (χ0n) is 15.3. The molecule has 0 bridgehead atoms. The number of hydrogen-bond donors (Lipinski definition) is 2. The third kappa shape index (κ3) is 5.94. The van der Waals surface area contributed by atoms with Gasteiger partial charge in [-0.3, -0.25) is 14.5 Å². The molecule has 1 aromatic rings. The van der Waals surface area contributed by atoms with Gasteiger partial charge in [0.15, 0.2) is 0 Å². The van der Waals surface area contributed by atoms with Crippen LogP contribution in [0.2, 0.25) is 0 Å². The van der Waals surface area contributed by atoms with E-state index in [1.165, 1.54) is 0 Å². The Kier molecular flexibility index (Phi) is 6.64. The Morgan fingerprint density at radius 1 is 1.20 bits per heavy atom. The average Bonchev–Trinajstić information content (AvgIpc) is 3.37. The molecule has 1 saturated carbocycles. The number of carbonyl (C=O) groups is 2. The molecule has 7 nitrogen and oxygen atoms in total. The van der Waals surface area contributed by atoms with Crippen molar-refractivity contribution < 1.29 is 19.1 Å². The standard InChI is InChI=1S/C18H27N3O4/c1-12(15-9-14(24-3)7-8-16(15)25-4)19-17(22)10-21(2)11-18(23)20-13-5-6-13/h7-9,12-13H,5-6,10-11H2,1-4H3,(H,19,22)(H,20,23)/t12-/m1/s1. The molecule has 1 aliphatic rings. The number of benzene rings is 1. The molecule has 0 unspecified atom stereocenters. The van der Waals surface area contributed by atoms with Gasteiger partial charge in [-0.2, -0.15) is 0 Å². The van der Waals surface area contributed by atoms with Crippen molar-refractivity contribution in [2.45, 2.75) is 31.8 Å². The van der Waals surface area contributed by atoms with Gasteiger partial charge in [0.2, 0.25) is 11.8 Å². The van der Waals surface area contributed by atoms with E-state index in [4.69, 9.17) is 9.47 Å². The Hall–Kier alpha value is -2.28. The van der Waals surface area contributed by atoms with E-state index in [0.29, 0.717) is 17.5 Å². The largest absolute Gasteiger partial charge is 0.497 e. The van der Waals surface area contributed by atoms with Crippen LogP contribution in [-0.2, 0) is 9.59 Å². The van der Waals surface area contributed by atoms with Crippen molar-refractivity contribution in [3.63, 3.8) is 0 Å². The highest BCUT2D eigenvalue weighted by atomic mass is 16.5. The Morgan fingerprint density at radius 2 is 1.88 bits per heavy atom. The van der Waals surface area contributed by atoms with Crippen LogP contribution >= 0.6 is 0 Å². The van der Waals surface area contributed by atoms with Gasteiger partial charge in [0.05, 0.1) is 33.4 Å². The summed E-state index contributed by atoms with van der Waals surface area (Å²) in [4.78, 5) is 25.7. The van der Waals surface area contributed by atoms with E-state index in [1.807, 2.05) is 25.1 Å².